The first kappa shape index (κ1) is 22.5. The number of benzene rings is 1. The van der Waals surface area contributed by atoms with Crippen molar-refractivity contribution in [3.8, 4) is 23.1 Å². The molecule has 7 nitrogen and oxygen atoms in total. The average molecular weight is 438 g/mol. The zero-order chi connectivity index (χ0) is 22.6. The van der Waals surface area contributed by atoms with Gasteiger partial charge in [-0.2, -0.15) is 0 Å². The highest BCUT2D eigenvalue weighted by molar-refractivity contribution is 8.02. The highest BCUT2D eigenvalue weighted by atomic mass is 32.2. The van der Waals surface area contributed by atoms with Crippen LogP contribution in [0.5, 0.6) is 0 Å². The smallest absolute Gasteiger partial charge is 0.376 e. The monoisotopic (exact) mass is 437 g/mol. The molecule has 1 fully saturated rings. The van der Waals surface area contributed by atoms with Gasteiger partial charge in [-0.3, -0.25) is 4.79 Å². The Hall–Kier alpha value is -3.15. The van der Waals surface area contributed by atoms with Gasteiger partial charge in [-0.15, -0.1) is 0 Å². The number of likely N-dealkylation sites (tertiary alicyclic amines) is 1. The molecule has 0 spiro atoms. The van der Waals surface area contributed by atoms with Crippen molar-refractivity contribution in [1.82, 2.24) is 14.9 Å². The summed E-state index contributed by atoms with van der Waals surface area (Å²) >= 11 is 1.36. The first-order chi connectivity index (χ1) is 14.8. The minimum Gasteiger partial charge on any atom is -0.460 e. The van der Waals surface area contributed by atoms with Crippen LogP contribution in [0.3, 0.4) is 0 Å². The summed E-state index contributed by atoms with van der Waals surface area (Å²) in [5.41, 5.74) is 0.839. The largest absolute Gasteiger partial charge is 0.460 e. The first-order valence-electron chi connectivity index (χ1n) is 9.74. The second-order valence-corrected chi connectivity index (χ2v) is 7.96. The molecule has 1 aliphatic heterocycles. The van der Waals surface area contributed by atoms with Crippen molar-refractivity contribution >= 4 is 23.6 Å². The van der Waals surface area contributed by atoms with E-state index in [-0.39, 0.29) is 18.9 Å². The van der Waals surface area contributed by atoms with Crippen LogP contribution in [0.4, 0.5) is 0 Å². The predicted octanol–water partition coefficient (Wildman–Crippen LogP) is 2.81. The van der Waals surface area contributed by atoms with Gasteiger partial charge in [0.2, 0.25) is 11.4 Å². The van der Waals surface area contributed by atoms with Crippen LogP contribution in [0, 0.1) is 18.8 Å². The normalized spacial score (nSPS) is 17.8. The average Bonchev–Trinajstić information content (AvgIpc) is 3.02. The Kier molecular flexibility index (Phi) is 6.78. The van der Waals surface area contributed by atoms with E-state index in [0.29, 0.717) is 29.1 Å². The lowest BCUT2D eigenvalue weighted by atomic mass is 10.0. The van der Waals surface area contributed by atoms with Crippen LogP contribution in [0.15, 0.2) is 41.1 Å². The van der Waals surface area contributed by atoms with Crippen LogP contribution in [0.1, 0.15) is 35.2 Å². The molecule has 0 bridgehead atoms. The van der Waals surface area contributed by atoms with Crippen molar-refractivity contribution in [2.24, 2.45) is 0 Å². The third-order valence-corrected chi connectivity index (χ3v) is 5.64. The predicted molar refractivity (Wildman–Crippen MR) is 118 cm³/mol. The molecule has 1 aromatic carbocycles. The maximum atomic E-state index is 12.2. The molecule has 3 rings (SSSR count). The number of amides is 1. The number of hydrogen-bond donors (Lipinski definition) is 1. The number of thioether (sulfide) groups is 1. The molecule has 160 valence electrons. The molecular weight excluding hydrogens is 414 g/mol. The first-order valence-corrected chi connectivity index (χ1v) is 10.6. The molecule has 1 saturated heterocycles. The lowest BCUT2D eigenvalue weighted by Crippen LogP contribution is -2.37. The Bertz CT molecular complexity index is 1110. The second-order valence-electron chi connectivity index (χ2n) is 6.98. The number of nitrogens with zero attached hydrogens (tertiary/aromatic N) is 3. The Morgan fingerprint density at radius 2 is 2.23 bits per heavy atom. The third kappa shape index (κ3) is 4.79. The van der Waals surface area contributed by atoms with Crippen molar-refractivity contribution in [1.29, 1.82) is 0 Å². The minimum absolute atomic E-state index is 0.0202. The molecule has 1 aliphatic rings. The Morgan fingerprint density at radius 1 is 1.45 bits per heavy atom. The van der Waals surface area contributed by atoms with Gasteiger partial charge in [0.25, 0.3) is 5.91 Å². The van der Waals surface area contributed by atoms with Gasteiger partial charge in [0.05, 0.1) is 22.9 Å². The molecule has 0 aliphatic carbocycles. The van der Waals surface area contributed by atoms with E-state index in [2.05, 4.69) is 28.4 Å². The lowest BCUT2D eigenvalue weighted by molar-refractivity contribution is -0.137. The molecule has 8 heteroatoms. The second kappa shape index (κ2) is 9.33. The van der Waals surface area contributed by atoms with Crippen molar-refractivity contribution in [3.63, 3.8) is 0 Å². The summed E-state index contributed by atoms with van der Waals surface area (Å²) in [6.45, 7) is 7.96. The van der Waals surface area contributed by atoms with Gasteiger partial charge in [-0.05, 0) is 31.4 Å². The fourth-order valence-electron chi connectivity index (χ4n) is 3.16. The van der Waals surface area contributed by atoms with Crippen LogP contribution in [-0.2, 0) is 9.53 Å². The third-order valence-electron chi connectivity index (χ3n) is 4.75. The van der Waals surface area contributed by atoms with Crippen molar-refractivity contribution in [2.75, 3.05) is 20.2 Å². The standard InChI is InChI=1S/C23H23N3O4S/c1-5-30-21(27)20-24-15(3)19(31-6-2)18(25-20)17-9-7-8-16(14-17)10-11-23(29)12-13-26(4)22(23)28/h6-9,14,29H,2,5,12-13H2,1,3-4H3. The number of carbonyl (C=O) groups excluding carboxylic acids is 2. The number of aromatic nitrogens is 2. The molecule has 2 aromatic rings. The van der Waals surface area contributed by atoms with Gasteiger partial charge in [0, 0.05) is 31.1 Å². The van der Waals surface area contributed by atoms with Crippen LogP contribution >= 0.6 is 11.8 Å². The number of ether oxygens (including phenoxy) is 1. The fourth-order valence-corrected chi connectivity index (χ4v) is 3.82. The van der Waals surface area contributed by atoms with E-state index >= 15 is 0 Å². The van der Waals surface area contributed by atoms with Gasteiger partial charge >= 0.3 is 5.97 Å². The van der Waals surface area contributed by atoms with E-state index in [1.165, 1.54) is 16.7 Å². The molecular formula is C23H23N3O4S. The molecule has 1 aromatic heterocycles. The summed E-state index contributed by atoms with van der Waals surface area (Å²) in [7, 11) is 1.64. The number of carbonyl (C=O) groups is 2. The van der Waals surface area contributed by atoms with Gasteiger partial charge in [0.15, 0.2) is 0 Å². The number of esters is 1. The molecule has 1 unspecified atom stereocenters. The van der Waals surface area contributed by atoms with Gasteiger partial charge in [-0.25, -0.2) is 14.8 Å². The van der Waals surface area contributed by atoms with E-state index in [4.69, 9.17) is 4.74 Å². The van der Waals surface area contributed by atoms with Crippen molar-refractivity contribution in [2.45, 2.75) is 30.8 Å². The Balaban J connectivity index is 2.04. The molecule has 31 heavy (non-hydrogen) atoms. The zero-order valence-corrected chi connectivity index (χ0v) is 18.5. The van der Waals surface area contributed by atoms with E-state index in [9.17, 15) is 14.7 Å². The number of aryl methyl sites for hydroxylation is 1. The summed E-state index contributed by atoms with van der Waals surface area (Å²) in [6, 6.07) is 7.22. The molecule has 0 saturated carbocycles. The van der Waals surface area contributed by atoms with Crippen LogP contribution in [0.25, 0.3) is 11.3 Å². The summed E-state index contributed by atoms with van der Waals surface area (Å²) in [5, 5.41) is 12.2. The SMILES string of the molecule is C=CSc1c(C)nc(C(=O)OCC)nc1-c1cccc(C#CC2(O)CCN(C)C2=O)c1. The fraction of sp³-hybridized carbons (Fsp3) is 0.304. The quantitative estimate of drug-likeness (QED) is 0.437. The molecule has 0 radical (unpaired) electrons. The summed E-state index contributed by atoms with van der Waals surface area (Å²) in [4.78, 5) is 35.3. The van der Waals surface area contributed by atoms with Gasteiger partial charge in [-0.1, -0.05) is 42.3 Å². The van der Waals surface area contributed by atoms with Crippen LogP contribution in [0.2, 0.25) is 0 Å². The van der Waals surface area contributed by atoms with E-state index in [0.717, 1.165) is 4.90 Å². The zero-order valence-electron chi connectivity index (χ0n) is 17.6. The van der Waals surface area contributed by atoms with E-state index in [1.807, 2.05) is 6.07 Å². The molecule has 1 amide bonds. The van der Waals surface area contributed by atoms with E-state index in [1.54, 1.807) is 44.5 Å². The summed E-state index contributed by atoms with van der Waals surface area (Å²) < 4.78 is 5.05. The number of hydrogen-bond acceptors (Lipinski definition) is 7. The molecule has 1 N–H and O–H groups in total. The summed E-state index contributed by atoms with van der Waals surface area (Å²) in [6.07, 6.45) is 0.267. The number of aliphatic hydroxyl groups is 1. The van der Waals surface area contributed by atoms with Crippen molar-refractivity contribution in [3.05, 3.63) is 53.3 Å². The van der Waals surface area contributed by atoms with Crippen molar-refractivity contribution < 1.29 is 19.4 Å². The molecule has 1 atom stereocenters. The number of rotatable bonds is 5. The maximum Gasteiger partial charge on any atom is 0.376 e. The van der Waals surface area contributed by atoms with Crippen LogP contribution in [-0.4, -0.2) is 57.7 Å². The summed E-state index contributed by atoms with van der Waals surface area (Å²) in [5.74, 6) is 4.61. The van der Waals surface area contributed by atoms with E-state index < -0.39 is 17.5 Å². The van der Waals surface area contributed by atoms with Gasteiger partial charge in [0.1, 0.15) is 0 Å². The van der Waals surface area contributed by atoms with Gasteiger partial charge < -0.3 is 14.7 Å². The highest BCUT2D eigenvalue weighted by Crippen LogP contribution is 2.33. The maximum absolute atomic E-state index is 12.2. The molecule has 2 heterocycles. The Morgan fingerprint density at radius 3 is 2.87 bits per heavy atom. The topological polar surface area (TPSA) is 92.6 Å². The highest BCUT2D eigenvalue weighted by Gasteiger charge is 2.42. The number of likely N-dealkylation sites (N-methyl/N-ethyl adjacent to an activating group) is 1. The minimum atomic E-state index is -1.67. The lowest BCUT2D eigenvalue weighted by Gasteiger charge is -2.13. The van der Waals surface area contributed by atoms with Crippen LogP contribution < -0.4 is 0 Å². The Labute approximate surface area is 185 Å².